The summed E-state index contributed by atoms with van der Waals surface area (Å²) in [6, 6.07) is 11.5. The third-order valence-corrected chi connectivity index (χ3v) is 8.11. The molecule has 0 aliphatic carbocycles. The summed E-state index contributed by atoms with van der Waals surface area (Å²) in [7, 11) is -2.84. The second-order valence-corrected chi connectivity index (χ2v) is 12.0. The van der Waals surface area contributed by atoms with E-state index in [2.05, 4.69) is 20.2 Å². The Balaban J connectivity index is 1.63. The van der Waals surface area contributed by atoms with Crippen molar-refractivity contribution in [2.45, 2.75) is 63.3 Å². The highest BCUT2D eigenvalue weighted by molar-refractivity contribution is 7.52. The van der Waals surface area contributed by atoms with Crippen molar-refractivity contribution in [2.75, 3.05) is 19.4 Å². The molecular formula is C26H35N6O8P. The van der Waals surface area contributed by atoms with E-state index in [1.54, 1.807) is 56.3 Å². The van der Waals surface area contributed by atoms with Gasteiger partial charge < -0.3 is 29.9 Å². The summed E-state index contributed by atoms with van der Waals surface area (Å²) in [5.41, 5.74) is 3.58. The smallest absolute Gasteiger partial charge is 0.459 e. The summed E-state index contributed by atoms with van der Waals surface area (Å²) >= 11 is 0. The first-order valence-corrected chi connectivity index (χ1v) is 14.4. The van der Waals surface area contributed by atoms with Crippen LogP contribution in [0, 0.1) is 0 Å². The van der Waals surface area contributed by atoms with E-state index in [1.165, 1.54) is 38.0 Å². The molecule has 15 heteroatoms. The van der Waals surface area contributed by atoms with Crippen LogP contribution in [0.2, 0.25) is 0 Å². The number of nitrogen functional groups attached to an aromatic ring is 1. The Kier molecular flexibility index (Phi) is 8.83. The molecule has 0 radical (unpaired) electrons. The first-order valence-electron chi connectivity index (χ1n) is 12.9. The van der Waals surface area contributed by atoms with Crippen LogP contribution in [0.1, 0.15) is 33.4 Å². The highest BCUT2D eigenvalue weighted by atomic mass is 31.2. The minimum Gasteiger partial charge on any atom is -0.462 e. The number of hydrogen-bond acceptors (Lipinski definition) is 12. The largest absolute Gasteiger partial charge is 0.462 e. The van der Waals surface area contributed by atoms with E-state index in [4.69, 9.17) is 24.3 Å². The van der Waals surface area contributed by atoms with Gasteiger partial charge in [-0.1, -0.05) is 18.2 Å². The molecule has 1 fully saturated rings. The van der Waals surface area contributed by atoms with Gasteiger partial charge in [-0.15, -0.1) is 0 Å². The third-order valence-electron chi connectivity index (χ3n) is 6.34. The number of aliphatic hydroxyl groups excluding tert-OH is 2. The number of aromatic nitrogens is 3. The summed E-state index contributed by atoms with van der Waals surface area (Å²) in [6.45, 7) is 5.82. The molecule has 5 N–H and O–H groups in total. The average molecular weight is 591 g/mol. The molecule has 0 bridgehead atoms. The monoisotopic (exact) mass is 590 g/mol. The maximum absolute atomic E-state index is 14.0. The van der Waals surface area contributed by atoms with Crippen molar-refractivity contribution < 1.29 is 38.1 Å². The minimum atomic E-state index is -4.32. The van der Waals surface area contributed by atoms with Crippen LogP contribution < -0.4 is 15.3 Å². The number of carbonyl (C=O) groups is 1. The fourth-order valence-corrected chi connectivity index (χ4v) is 6.11. The highest BCUT2D eigenvalue weighted by Crippen LogP contribution is 2.48. The zero-order chi connectivity index (χ0) is 30.0. The van der Waals surface area contributed by atoms with Crippen LogP contribution in [0.3, 0.4) is 0 Å². The van der Waals surface area contributed by atoms with Gasteiger partial charge in [-0.25, -0.2) is 14.1 Å². The molecule has 1 aromatic carbocycles. The fourth-order valence-electron chi connectivity index (χ4n) is 4.43. The van der Waals surface area contributed by atoms with Crippen LogP contribution in [0.15, 0.2) is 53.8 Å². The standard InChI is InChI=1S/C26H35N6O8P/c1-16(2)38-24(35)25(3,4)31-41(36,40-17-9-7-6-8-10-17)37-13-19-21(33)22(34)26(39-19,14-28-5)20-12-11-18-23(27)29-15-30-32(18)20/h6-12,14-16,19,21-22,33-34H,13H2,1-5H3,(H,31,36)(H2,27,29,30)/b28-14-/t19-,21-,22-,26+,41?/m1/s1. The van der Waals surface area contributed by atoms with E-state index in [9.17, 15) is 19.6 Å². The number of ether oxygens (including phenoxy) is 2. The molecule has 14 nitrogen and oxygen atoms in total. The number of aliphatic imine (C=N–C) groups is 1. The fraction of sp³-hybridized carbons (Fsp3) is 0.462. The zero-order valence-corrected chi connectivity index (χ0v) is 24.3. The van der Waals surface area contributed by atoms with Crippen molar-refractivity contribution in [3.05, 3.63) is 54.5 Å². The summed E-state index contributed by atoms with van der Waals surface area (Å²) in [5.74, 6) is -0.278. The van der Waals surface area contributed by atoms with Crippen molar-refractivity contribution >= 4 is 31.3 Å². The first kappa shape index (κ1) is 30.6. The predicted octanol–water partition coefficient (Wildman–Crippen LogP) is 1.85. The number of hydrogen-bond donors (Lipinski definition) is 4. The molecule has 41 heavy (non-hydrogen) atoms. The molecule has 0 saturated carbocycles. The molecule has 3 aromatic rings. The van der Waals surface area contributed by atoms with Crippen LogP contribution in [0.4, 0.5) is 5.82 Å². The van der Waals surface area contributed by atoms with E-state index in [0.29, 0.717) is 11.2 Å². The number of carbonyl (C=O) groups excluding carboxylic acids is 1. The molecule has 1 aliphatic heterocycles. The number of rotatable bonds is 11. The molecule has 0 amide bonds. The topological polar surface area (TPSA) is 192 Å². The quantitative estimate of drug-likeness (QED) is 0.144. The van der Waals surface area contributed by atoms with Gasteiger partial charge in [0.15, 0.2) is 11.4 Å². The lowest BCUT2D eigenvalue weighted by Gasteiger charge is -2.30. The molecule has 1 unspecified atom stereocenters. The lowest BCUT2D eigenvalue weighted by atomic mass is 9.92. The van der Waals surface area contributed by atoms with Crippen LogP contribution in [0.25, 0.3) is 5.52 Å². The second kappa shape index (κ2) is 11.8. The van der Waals surface area contributed by atoms with Crippen molar-refractivity contribution in [3.63, 3.8) is 0 Å². The molecule has 5 atom stereocenters. The molecule has 4 rings (SSSR count). The molecule has 0 spiro atoms. The summed E-state index contributed by atoms with van der Waals surface area (Å²) in [5, 5.41) is 29.1. The summed E-state index contributed by atoms with van der Waals surface area (Å²) < 4.78 is 38.4. The van der Waals surface area contributed by atoms with E-state index in [-0.39, 0.29) is 11.6 Å². The van der Waals surface area contributed by atoms with Crippen LogP contribution in [-0.2, 0) is 29.0 Å². The van der Waals surface area contributed by atoms with Gasteiger partial charge in [0, 0.05) is 13.3 Å². The number of anilines is 1. The Morgan fingerprint density at radius 1 is 1.29 bits per heavy atom. The third kappa shape index (κ3) is 6.27. The lowest BCUT2D eigenvalue weighted by molar-refractivity contribution is -0.153. The van der Waals surface area contributed by atoms with E-state index in [1.807, 2.05) is 0 Å². The van der Waals surface area contributed by atoms with Gasteiger partial charge in [-0.2, -0.15) is 10.2 Å². The van der Waals surface area contributed by atoms with Gasteiger partial charge >= 0.3 is 13.7 Å². The van der Waals surface area contributed by atoms with E-state index >= 15 is 0 Å². The number of nitrogens with one attached hydrogen (secondary N) is 1. The minimum absolute atomic E-state index is 0.200. The average Bonchev–Trinajstić information content (AvgIpc) is 3.44. The molecule has 1 saturated heterocycles. The Morgan fingerprint density at radius 3 is 2.66 bits per heavy atom. The predicted molar refractivity (Wildman–Crippen MR) is 149 cm³/mol. The second-order valence-electron chi connectivity index (χ2n) is 10.3. The number of esters is 1. The molecule has 2 aromatic heterocycles. The Labute approximate surface area is 237 Å². The molecule has 1 aliphatic rings. The van der Waals surface area contributed by atoms with Gasteiger partial charge in [0.1, 0.15) is 41.4 Å². The maximum atomic E-state index is 14.0. The van der Waals surface area contributed by atoms with Crippen LogP contribution >= 0.6 is 7.75 Å². The SMILES string of the molecule is C/N=C\[C@@]1(c2ccc3c(N)ncnn23)O[C@H](COP(=O)(NC(C)(C)C(=O)OC(C)C)Oc2ccccc2)[C@@H](O)[C@H]1O. The number of nitrogens with zero attached hydrogens (tertiary/aromatic N) is 4. The first-order chi connectivity index (χ1) is 19.3. The van der Waals surface area contributed by atoms with Gasteiger partial charge in [0.05, 0.1) is 18.4 Å². The number of aliphatic hydroxyl groups is 2. The number of fused-ring (bicyclic) bond motifs is 1. The summed E-state index contributed by atoms with van der Waals surface area (Å²) in [4.78, 5) is 20.8. The maximum Gasteiger partial charge on any atom is 0.459 e. The molecule has 3 heterocycles. The van der Waals surface area contributed by atoms with Crippen LogP contribution in [0.5, 0.6) is 5.75 Å². The van der Waals surface area contributed by atoms with Crippen LogP contribution in [-0.4, -0.2) is 80.6 Å². The lowest BCUT2D eigenvalue weighted by Crippen LogP contribution is -2.48. The van der Waals surface area contributed by atoms with Gasteiger partial charge in [0.2, 0.25) is 0 Å². The number of nitrogens with two attached hydrogens (primary N) is 1. The zero-order valence-electron chi connectivity index (χ0n) is 23.4. The van der Waals surface area contributed by atoms with Crippen molar-refractivity contribution in [1.82, 2.24) is 19.7 Å². The highest BCUT2D eigenvalue weighted by Gasteiger charge is 2.56. The number of benzene rings is 1. The normalized spacial score (nSPS) is 24.6. The van der Waals surface area contributed by atoms with Gasteiger partial charge in [-0.05, 0) is 52.0 Å². The molecule has 222 valence electrons. The van der Waals surface area contributed by atoms with Crippen molar-refractivity contribution in [3.8, 4) is 5.75 Å². The summed E-state index contributed by atoms with van der Waals surface area (Å²) in [6.07, 6.45) is -2.09. The number of para-hydroxylation sites is 1. The van der Waals surface area contributed by atoms with E-state index < -0.39 is 55.9 Å². The van der Waals surface area contributed by atoms with Crippen molar-refractivity contribution in [1.29, 1.82) is 0 Å². The Bertz CT molecular complexity index is 1450. The Morgan fingerprint density at radius 2 is 2.00 bits per heavy atom. The molecular weight excluding hydrogens is 555 g/mol. The van der Waals surface area contributed by atoms with E-state index in [0.717, 1.165) is 0 Å². The van der Waals surface area contributed by atoms with Gasteiger partial charge in [-0.3, -0.25) is 14.3 Å². The van der Waals surface area contributed by atoms with Gasteiger partial charge in [0.25, 0.3) is 0 Å². The Hall–Kier alpha value is -3.39. The van der Waals surface area contributed by atoms with Crippen molar-refractivity contribution in [2.24, 2.45) is 4.99 Å².